The average molecular weight is 333 g/mol. The Kier molecular flexibility index (Phi) is 4.70. The third-order valence-electron chi connectivity index (χ3n) is 3.92. The standard InChI is InChI=1S/C21H19NO3/c1-14-7-9-16(10-8-14)19(22)20(21(23)24-2)25-18-12-11-15-5-3-4-6-17(15)13-18/h3-13H,22H2,1-2H3/b20-19+. The van der Waals surface area contributed by atoms with Crippen LogP contribution in [0.3, 0.4) is 0 Å². The van der Waals surface area contributed by atoms with Gasteiger partial charge in [0.25, 0.3) is 0 Å². The first-order valence-corrected chi connectivity index (χ1v) is 7.90. The maximum atomic E-state index is 12.2. The van der Waals surface area contributed by atoms with Crippen molar-refractivity contribution < 1.29 is 14.3 Å². The summed E-state index contributed by atoms with van der Waals surface area (Å²) in [4.78, 5) is 12.2. The number of hydrogen-bond donors (Lipinski definition) is 1. The Morgan fingerprint density at radius 2 is 1.60 bits per heavy atom. The van der Waals surface area contributed by atoms with Gasteiger partial charge in [0, 0.05) is 5.56 Å². The molecule has 0 aliphatic rings. The van der Waals surface area contributed by atoms with E-state index in [0.717, 1.165) is 16.3 Å². The number of esters is 1. The minimum absolute atomic E-state index is 0.0263. The molecule has 0 spiro atoms. The summed E-state index contributed by atoms with van der Waals surface area (Å²) in [6.07, 6.45) is 0. The second kappa shape index (κ2) is 7.09. The maximum Gasteiger partial charge on any atom is 0.376 e. The molecule has 3 aromatic rings. The summed E-state index contributed by atoms with van der Waals surface area (Å²) in [5.41, 5.74) is 8.22. The van der Waals surface area contributed by atoms with Crippen LogP contribution >= 0.6 is 0 Å². The molecule has 0 aliphatic heterocycles. The first-order chi connectivity index (χ1) is 12.1. The van der Waals surface area contributed by atoms with E-state index in [0.29, 0.717) is 11.3 Å². The predicted molar refractivity (Wildman–Crippen MR) is 98.9 cm³/mol. The molecule has 0 saturated carbocycles. The molecule has 0 unspecified atom stereocenters. The van der Waals surface area contributed by atoms with Gasteiger partial charge in [-0.1, -0.05) is 60.2 Å². The molecule has 4 heteroatoms. The van der Waals surface area contributed by atoms with Crippen molar-refractivity contribution in [1.82, 2.24) is 0 Å². The average Bonchev–Trinajstić information content (AvgIpc) is 2.65. The number of carbonyl (C=O) groups excluding carboxylic acids is 1. The fourth-order valence-corrected chi connectivity index (χ4v) is 2.51. The lowest BCUT2D eigenvalue weighted by Crippen LogP contribution is -2.17. The quantitative estimate of drug-likeness (QED) is 0.445. The molecule has 0 saturated heterocycles. The van der Waals surface area contributed by atoms with Crippen molar-refractivity contribution in [2.45, 2.75) is 6.92 Å². The molecule has 0 heterocycles. The summed E-state index contributed by atoms with van der Waals surface area (Å²) in [7, 11) is 1.30. The van der Waals surface area contributed by atoms with Crippen molar-refractivity contribution in [3.8, 4) is 5.75 Å². The Hall–Kier alpha value is -3.27. The molecule has 0 aromatic heterocycles. The van der Waals surface area contributed by atoms with Crippen LogP contribution in [0.25, 0.3) is 16.5 Å². The third-order valence-corrected chi connectivity index (χ3v) is 3.92. The fraction of sp³-hybridized carbons (Fsp3) is 0.0952. The Morgan fingerprint density at radius 3 is 2.28 bits per heavy atom. The summed E-state index contributed by atoms with van der Waals surface area (Å²) < 4.78 is 10.6. The molecule has 2 N–H and O–H groups in total. The van der Waals surface area contributed by atoms with Gasteiger partial charge in [-0.25, -0.2) is 4.79 Å². The zero-order chi connectivity index (χ0) is 17.8. The minimum atomic E-state index is -0.619. The number of rotatable bonds is 4. The van der Waals surface area contributed by atoms with Crippen molar-refractivity contribution in [3.05, 3.63) is 83.6 Å². The van der Waals surface area contributed by atoms with Crippen LogP contribution in [0.5, 0.6) is 5.75 Å². The number of fused-ring (bicyclic) bond motifs is 1. The van der Waals surface area contributed by atoms with Gasteiger partial charge in [-0.05, 0) is 29.8 Å². The van der Waals surface area contributed by atoms with Crippen molar-refractivity contribution in [1.29, 1.82) is 0 Å². The second-order valence-corrected chi connectivity index (χ2v) is 5.71. The largest absolute Gasteiger partial charge is 0.463 e. The van der Waals surface area contributed by atoms with E-state index in [1.54, 1.807) is 6.07 Å². The van der Waals surface area contributed by atoms with E-state index in [2.05, 4.69) is 0 Å². The van der Waals surface area contributed by atoms with Gasteiger partial charge >= 0.3 is 5.97 Å². The molecule has 0 atom stereocenters. The normalized spacial score (nSPS) is 11.8. The topological polar surface area (TPSA) is 61.5 Å². The van der Waals surface area contributed by atoms with Crippen molar-refractivity contribution >= 4 is 22.4 Å². The lowest BCUT2D eigenvalue weighted by Gasteiger charge is -2.13. The molecule has 0 fully saturated rings. The molecule has 3 rings (SSSR count). The number of methoxy groups -OCH3 is 1. The lowest BCUT2D eigenvalue weighted by molar-refractivity contribution is -0.138. The first-order valence-electron chi connectivity index (χ1n) is 7.90. The highest BCUT2D eigenvalue weighted by Gasteiger charge is 2.19. The summed E-state index contributed by atoms with van der Waals surface area (Å²) in [5.74, 6) is -0.123. The van der Waals surface area contributed by atoms with Crippen LogP contribution in [0.15, 0.2) is 72.5 Å². The fourth-order valence-electron chi connectivity index (χ4n) is 2.51. The highest BCUT2D eigenvalue weighted by Crippen LogP contribution is 2.24. The van der Waals surface area contributed by atoms with Gasteiger partial charge in [0.15, 0.2) is 0 Å². The van der Waals surface area contributed by atoms with Crippen LogP contribution in [-0.4, -0.2) is 13.1 Å². The van der Waals surface area contributed by atoms with Gasteiger partial charge in [-0.2, -0.15) is 0 Å². The van der Waals surface area contributed by atoms with E-state index in [1.165, 1.54) is 7.11 Å². The number of carbonyl (C=O) groups is 1. The van der Waals surface area contributed by atoms with E-state index < -0.39 is 5.97 Å². The van der Waals surface area contributed by atoms with E-state index in [9.17, 15) is 4.79 Å². The van der Waals surface area contributed by atoms with E-state index in [-0.39, 0.29) is 11.5 Å². The predicted octanol–water partition coefficient (Wildman–Crippen LogP) is 4.03. The number of ether oxygens (including phenoxy) is 2. The lowest BCUT2D eigenvalue weighted by atomic mass is 10.1. The van der Waals surface area contributed by atoms with Crippen LogP contribution in [0, 0.1) is 6.92 Å². The highest BCUT2D eigenvalue weighted by molar-refractivity contribution is 5.95. The van der Waals surface area contributed by atoms with Gasteiger partial charge in [0.05, 0.1) is 12.8 Å². The molecule has 25 heavy (non-hydrogen) atoms. The van der Waals surface area contributed by atoms with Gasteiger partial charge < -0.3 is 15.2 Å². The van der Waals surface area contributed by atoms with E-state index in [1.807, 2.05) is 67.6 Å². The molecule has 0 bridgehead atoms. The summed E-state index contributed by atoms with van der Waals surface area (Å²) in [6.45, 7) is 1.98. The molecule has 0 amide bonds. The van der Waals surface area contributed by atoms with Crippen molar-refractivity contribution in [3.63, 3.8) is 0 Å². The smallest absolute Gasteiger partial charge is 0.376 e. The number of aryl methyl sites for hydroxylation is 1. The molecule has 4 nitrogen and oxygen atoms in total. The summed E-state index contributed by atoms with van der Waals surface area (Å²) >= 11 is 0. The summed E-state index contributed by atoms with van der Waals surface area (Å²) in [6, 6.07) is 21.0. The number of hydrogen-bond acceptors (Lipinski definition) is 4. The maximum absolute atomic E-state index is 12.2. The Morgan fingerprint density at radius 1 is 0.920 bits per heavy atom. The van der Waals surface area contributed by atoms with Crippen LogP contribution in [0.2, 0.25) is 0 Å². The first kappa shape index (κ1) is 16.6. The molecular formula is C21H19NO3. The van der Waals surface area contributed by atoms with E-state index >= 15 is 0 Å². The molecule has 3 aromatic carbocycles. The number of benzene rings is 3. The Bertz CT molecular complexity index is 943. The zero-order valence-corrected chi connectivity index (χ0v) is 14.2. The van der Waals surface area contributed by atoms with E-state index in [4.69, 9.17) is 15.2 Å². The molecule has 126 valence electrons. The van der Waals surface area contributed by atoms with Gasteiger partial charge in [-0.15, -0.1) is 0 Å². The Labute approximate surface area is 146 Å². The molecule has 0 aliphatic carbocycles. The number of nitrogens with two attached hydrogens (primary N) is 1. The van der Waals surface area contributed by atoms with Gasteiger partial charge in [-0.3, -0.25) is 0 Å². The van der Waals surface area contributed by atoms with Crippen LogP contribution in [-0.2, 0) is 9.53 Å². The van der Waals surface area contributed by atoms with Crippen molar-refractivity contribution in [2.24, 2.45) is 5.73 Å². The minimum Gasteiger partial charge on any atom is -0.463 e. The van der Waals surface area contributed by atoms with Crippen molar-refractivity contribution in [2.75, 3.05) is 7.11 Å². The monoisotopic (exact) mass is 333 g/mol. The van der Waals surface area contributed by atoms with Gasteiger partial charge in [0.1, 0.15) is 5.75 Å². The highest BCUT2D eigenvalue weighted by atomic mass is 16.6. The van der Waals surface area contributed by atoms with Crippen LogP contribution in [0.1, 0.15) is 11.1 Å². The second-order valence-electron chi connectivity index (χ2n) is 5.71. The zero-order valence-electron chi connectivity index (χ0n) is 14.2. The van der Waals surface area contributed by atoms with Crippen LogP contribution in [0.4, 0.5) is 0 Å². The van der Waals surface area contributed by atoms with Crippen LogP contribution < -0.4 is 10.5 Å². The van der Waals surface area contributed by atoms with Gasteiger partial charge in [0.2, 0.25) is 5.76 Å². The SMILES string of the molecule is COC(=O)/C(Oc1ccc2ccccc2c1)=C(\N)c1ccc(C)cc1. The molecular weight excluding hydrogens is 314 g/mol. The Balaban J connectivity index is 2.01. The molecule has 0 radical (unpaired) electrons. The third kappa shape index (κ3) is 3.63. The summed E-state index contributed by atoms with van der Waals surface area (Å²) in [5, 5.41) is 2.10.